The Kier molecular flexibility index (Phi) is 7.85. The van der Waals surface area contributed by atoms with Gasteiger partial charge in [0.25, 0.3) is 0 Å². The number of carbonyl (C=O) groups is 2. The lowest BCUT2D eigenvalue weighted by molar-refractivity contribution is -0.907. The summed E-state index contributed by atoms with van der Waals surface area (Å²) in [6.45, 7) is 3.69. The molecule has 212 valence electrons. The van der Waals surface area contributed by atoms with Crippen molar-refractivity contribution in [2.45, 2.75) is 6.04 Å². The third-order valence-corrected chi connectivity index (χ3v) is 7.39. The van der Waals surface area contributed by atoms with E-state index in [0.717, 1.165) is 13.1 Å². The second kappa shape index (κ2) is 11.5. The molecule has 11 heteroatoms. The maximum Gasteiger partial charge on any atom is 0.240 e. The van der Waals surface area contributed by atoms with Crippen LogP contribution in [0.15, 0.2) is 52.1 Å². The quantitative estimate of drug-likeness (QED) is 0.363. The van der Waals surface area contributed by atoms with Crippen LogP contribution in [0.5, 0.6) is 23.0 Å². The largest absolute Gasteiger partial charge is 0.868 e. The van der Waals surface area contributed by atoms with Crippen LogP contribution in [0, 0.1) is 0 Å². The zero-order chi connectivity index (χ0) is 28.4. The highest BCUT2D eigenvalue weighted by Crippen LogP contribution is 2.45. The summed E-state index contributed by atoms with van der Waals surface area (Å²) in [5, 5.41) is 14.1. The van der Waals surface area contributed by atoms with E-state index in [4.69, 9.17) is 28.1 Å². The Morgan fingerprint density at radius 2 is 1.68 bits per heavy atom. The van der Waals surface area contributed by atoms with E-state index in [-0.39, 0.29) is 17.9 Å². The van der Waals surface area contributed by atoms with Crippen LogP contribution in [-0.4, -0.2) is 84.4 Å². The molecular formula is C29H32N2O9. The molecule has 0 aliphatic carbocycles. The fraction of sp³-hybridized carbons (Fsp3) is 0.379. The number of fused-ring (bicyclic) bond motifs is 1. The van der Waals surface area contributed by atoms with Gasteiger partial charge in [-0.3, -0.25) is 9.59 Å². The minimum absolute atomic E-state index is 0.0613. The predicted octanol–water partition coefficient (Wildman–Crippen LogP) is 0.763. The second-order valence-electron chi connectivity index (χ2n) is 9.53. The Labute approximate surface area is 231 Å². The third-order valence-electron chi connectivity index (χ3n) is 7.39. The first-order valence-electron chi connectivity index (χ1n) is 13.0. The number of hydrogen-bond acceptors (Lipinski definition) is 9. The Morgan fingerprint density at radius 3 is 2.30 bits per heavy atom. The smallest absolute Gasteiger partial charge is 0.240 e. The second-order valence-corrected chi connectivity index (χ2v) is 9.53. The lowest BCUT2D eigenvalue weighted by Gasteiger charge is -2.31. The molecule has 1 atom stereocenters. The first-order chi connectivity index (χ1) is 19.4. The van der Waals surface area contributed by atoms with Crippen molar-refractivity contribution in [3.8, 4) is 23.0 Å². The molecule has 40 heavy (non-hydrogen) atoms. The SMILES string of the molecule is COc1cc(C2C(C(=O)c3cc4cccc(OC)c4o3)=C([O-])C(=O)N2CC[NH+]2CCOCC2)cc(OC)c1OC. The van der Waals surface area contributed by atoms with Crippen molar-refractivity contribution in [2.24, 2.45) is 0 Å². The van der Waals surface area contributed by atoms with Crippen LogP contribution < -0.4 is 29.0 Å². The van der Waals surface area contributed by atoms with Gasteiger partial charge in [0, 0.05) is 11.0 Å². The van der Waals surface area contributed by atoms with Gasteiger partial charge in [0.2, 0.25) is 17.4 Å². The van der Waals surface area contributed by atoms with Gasteiger partial charge in [0.1, 0.15) is 13.1 Å². The summed E-state index contributed by atoms with van der Waals surface area (Å²) in [7, 11) is 5.94. The number of carbonyl (C=O) groups excluding carboxylic acids is 2. The van der Waals surface area contributed by atoms with Crippen LogP contribution >= 0.6 is 0 Å². The van der Waals surface area contributed by atoms with Crippen LogP contribution in [0.1, 0.15) is 22.2 Å². The van der Waals surface area contributed by atoms with E-state index in [1.807, 2.05) is 0 Å². The van der Waals surface area contributed by atoms with Gasteiger partial charge in [0.05, 0.1) is 60.8 Å². The summed E-state index contributed by atoms with van der Waals surface area (Å²) >= 11 is 0. The van der Waals surface area contributed by atoms with Crippen LogP contribution in [0.4, 0.5) is 0 Å². The van der Waals surface area contributed by atoms with Crippen LogP contribution in [-0.2, 0) is 9.53 Å². The predicted molar refractivity (Wildman–Crippen MR) is 141 cm³/mol. The number of hydrogen-bond donors (Lipinski definition) is 1. The monoisotopic (exact) mass is 552 g/mol. The zero-order valence-electron chi connectivity index (χ0n) is 22.9. The van der Waals surface area contributed by atoms with E-state index < -0.39 is 23.5 Å². The maximum absolute atomic E-state index is 14.0. The van der Waals surface area contributed by atoms with Gasteiger partial charge in [0.15, 0.2) is 28.6 Å². The molecule has 3 aromatic rings. The summed E-state index contributed by atoms with van der Waals surface area (Å²) in [5.41, 5.74) is 0.653. The molecule has 1 fully saturated rings. The zero-order valence-corrected chi connectivity index (χ0v) is 22.9. The van der Waals surface area contributed by atoms with Gasteiger partial charge < -0.3 is 43.0 Å². The van der Waals surface area contributed by atoms with Crippen molar-refractivity contribution in [1.29, 1.82) is 0 Å². The number of ether oxygens (including phenoxy) is 5. The number of rotatable bonds is 10. The summed E-state index contributed by atoms with van der Waals surface area (Å²) in [4.78, 5) is 30.1. The van der Waals surface area contributed by atoms with E-state index in [9.17, 15) is 14.7 Å². The van der Waals surface area contributed by atoms with E-state index in [0.29, 0.717) is 59.3 Å². The van der Waals surface area contributed by atoms with Crippen molar-refractivity contribution in [1.82, 2.24) is 4.90 Å². The molecule has 0 radical (unpaired) electrons. The molecule has 1 aromatic heterocycles. The number of ketones is 1. The van der Waals surface area contributed by atoms with Gasteiger partial charge in [-0.25, -0.2) is 0 Å². The number of morpholine rings is 1. The number of nitrogens with zero attached hydrogens (tertiary/aromatic N) is 1. The van der Waals surface area contributed by atoms with E-state index >= 15 is 0 Å². The minimum Gasteiger partial charge on any atom is -0.868 e. The van der Waals surface area contributed by atoms with Crippen LogP contribution in [0.3, 0.4) is 0 Å². The highest BCUT2D eigenvalue weighted by molar-refractivity contribution is 6.16. The van der Waals surface area contributed by atoms with Gasteiger partial charge in [-0.15, -0.1) is 0 Å². The Morgan fingerprint density at radius 1 is 1.00 bits per heavy atom. The topological polar surface area (TPSA) is 124 Å². The number of benzene rings is 2. The average molecular weight is 553 g/mol. The Bertz CT molecular complexity index is 1430. The standard InChI is InChI=1S/C29H32N2O9/c1-35-19-7-5-6-17-14-20(40-27(17)19)25(32)23-24(18-15-21(36-2)28(38-4)22(16-18)37-3)31(29(34)26(23)33)9-8-30-10-12-39-13-11-30/h5-7,14-16,24,33H,8-13H2,1-4H3. The van der Waals surface area contributed by atoms with Gasteiger partial charge in [-0.1, -0.05) is 12.1 Å². The third kappa shape index (κ3) is 4.82. The van der Waals surface area contributed by atoms with Crippen molar-refractivity contribution in [3.05, 3.63) is 59.1 Å². The van der Waals surface area contributed by atoms with E-state index in [1.165, 1.54) is 38.2 Å². The summed E-state index contributed by atoms with van der Waals surface area (Å²) < 4.78 is 33.2. The molecule has 0 bridgehead atoms. The Hall–Kier alpha value is -4.22. The van der Waals surface area contributed by atoms with Crippen molar-refractivity contribution < 1.29 is 47.7 Å². The lowest BCUT2D eigenvalue weighted by Crippen LogP contribution is -3.14. The molecule has 2 aromatic carbocycles. The van der Waals surface area contributed by atoms with Crippen molar-refractivity contribution in [3.63, 3.8) is 0 Å². The van der Waals surface area contributed by atoms with E-state index in [2.05, 4.69) is 0 Å². The van der Waals surface area contributed by atoms with Gasteiger partial charge in [-0.05, 0) is 35.6 Å². The number of amides is 1. The normalized spacial score (nSPS) is 17.9. The van der Waals surface area contributed by atoms with Crippen LogP contribution in [0.25, 0.3) is 11.0 Å². The number of para-hydroxylation sites is 1. The summed E-state index contributed by atoms with van der Waals surface area (Å²) in [6.07, 6.45) is 0. The minimum atomic E-state index is -0.989. The van der Waals surface area contributed by atoms with Gasteiger partial charge >= 0.3 is 0 Å². The fourth-order valence-electron chi connectivity index (χ4n) is 5.34. The first-order valence-corrected chi connectivity index (χ1v) is 13.0. The fourth-order valence-corrected chi connectivity index (χ4v) is 5.34. The number of quaternary nitrogens is 1. The van der Waals surface area contributed by atoms with Crippen molar-refractivity contribution in [2.75, 3.05) is 67.8 Å². The Balaban J connectivity index is 1.59. The molecule has 1 amide bonds. The number of Topliss-reactive ketones (excluding diaryl/α,β-unsaturated/α-hetero) is 1. The molecule has 5 rings (SSSR count). The molecule has 0 saturated carbocycles. The summed E-state index contributed by atoms with van der Waals surface area (Å²) in [6, 6.07) is 9.14. The first kappa shape index (κ1) is 27.4. The molecule has 3 heterocycles. The molecule has 2 aliphatic rings. The highest BCUT2D eigenvalue weighted by atomic mass is 16.5. The highest BCUT2D eigenvalue weighted by Gasteiger charge is 2.41. The number of furan rings is 1. The lowest BCUT2D eigenvalue weighted by atomic mass is 9.94. The van der Waals surface area contributed by atoms with Gasteiger partial charge in [-0.2, -0.15) is 0 Å². The van der Waals surface area contributed by atoms with E-state index in [1.54, 1.807) is 36.4 Å². The molecule has 0 spiro atoms. The molecule has 1 saturated heterocycles. The maximum atomic E-state index is 14.0. The number of methoxy groups -OCH3 is 4. The average Bonchev–Trinajstić information content (AvgIpc) is 3.54. The molecule has 1 N–H and O–H groups in total. The van der Waals surface area contributed by atoms with Crippen molar-refractivity contribution >= 4 is 22.7 Å². The molecule has 2 aliphatic heterocycles. The number of nitrogens with one attached hydrogen (secondary N) is 1. The summed E-state index contributed by atoms with van der Waals surface area (Å²) in [5.74, 6) is -0.870. The molecule has 11 nitrogen and oxygen atoms in total. The van der Waals surface area contributed by atoms with Crippen LogP contribution in [0.2, 0.25) is 0 Å². The molecular weight excluding hydrogens is 520 g/mol. The molecule has 1 unspecified atom stereocenters.